The Morgan fingerprint density at radius 1 is 1.29 bits per heavy atom. The smallest absolute Gasteiger partial charge is 0.295 e. The number of carbonyl (C=O) groups is 1. The highest BCUT2D eigenvalue weighted by Crippen LogP contribution is 1.99. The molecule has 4 nitrogen and oxygen atoms in total. The van der Waals surface area contributed by atoms with Crippen LogP contribution >= 0.6 is 0 Å². The number of hydrogen-bond acceptors (Lipinski definition) is 2. The van der Waals surface area contributed by atoms with E-state index in [1.807, 2.05) is 52.3 Å². The summed E-state index contributed by atoms with van der Waals surface area (Å²) in [6, 6.07) is 7.94. The minimum Gasteiger partial charge on any atom is -0.323 e. The van der Waals surface area contributed by atoms with Crippen LogP contribution in [0.1, 0.15) is 11.1 Å². The van der Waals surface area contributed by atoms with E-state index in [2.05, 4.69) is 10.5 Å². The van der Waals surface area contributed by atoms with Gasteiger partial charge in [0.1, 0.15) is 0 Å². The van der Waals surface area contributed by atoms with Crippen LogP contribution in [-0.4, -0.2) is 44.3 Å². The Hall–Kier alpha value is -1.68. The zero-order valence-electron chi connectivity index (χ0n) is 10.9. The second-order valence-electron chi connectivity index (χ2n) is 5.15. The fraction of sp³-hybridized carbons (Fsp3) is 0.385. The van der Waals surface area contributed by atoms with Crippen LogP contribution in [0.4, 0.5) is 0 Å². The maximum absolute atomic E-state index is 11.5. The van der Waals surface area contributed by atoms with Crippen LogP contribution in [0.15, 0.2) is 29.4 Å². The van der Waals surface area contributed by atoms with E-state index < -0.39 is 0 Å². The molecule has 0 radical (unpaired) electrons. The van der Waals surface area contributed by atoms with Gasteiger partial charge in [-0.3, -0.25) is 4.79 Å². The summed E-state index contributed by atoms with van der Waals surface area (Å²) < 4.78 is 0.589. The molecule has 1 rings (SSSR count). The lowest BCUT2D eigenvalue weighted by molar-refractivity contribution is -0.862. The van der Waals surface area contributed by atoms with Crippen LogP contribution in [0.3, 0.4) is 0 Å². The Balaban J connectivity index is 2.45. The summed E-state index contributed by atoms with van der Waals surface area (Å²) in [6.45, 7) is 2.44. The number of nitrogens with zero attached hydrogens (tertiary/aromatic N) is 2. The van der Waals surface area contributed by atoms with E-state index >= 15 is 0 Å². The monoisotopic (exact) mass is 234 g/mol. The number of aryl methyl sites for hydroxylation is 1. The quantitative estimate of drug-likeness (QED) is 0.474. The number of carbonyl (C=O) groups excluding carboxylic acids is 1. The molecule has 0 heterocycles. The number of quaternary nitrogens is 1. The van der Waals surface area contributed by atoms with Crippen molar-refractivity contribution in [3.05, 3.63) is 35.4 Å². The largest absolute Gasteiger partial charge is 0.323 e. The Labute approximate surface area is 103 Å². The SMILES string of the molecule is Cc1ccc(C=NNC(=O)C[N+](C)(C)C)cc1. The van der Waals surface area contributed by atoms with Gasteiger partial charge in [-0.1, -0.05) is 29.8 Å². The molecule has 4 heteroatoms. The average molecular weight is 234 g/mol. The highest BCUT2D eigenvalue weighted by atomic mass is 16.2. The molecule has 0 unspecified atom stereocenters. The molecule has 92 valence electrons. The van der Waals surface area contributed by atoms with Crippen molar-refractivity contribution in [1.82, 2.24) is 5.43 Å². The molecule has 1 amide bonds. The normalized spacial score (nSPS) is 11.8. The first kappa shape index (κ1) is 13.4. The van der Waals surface area contributed by atoms with Crippen LogP contribution in [0, 0.1) is 6.92 Å². The average Bonchev–Trinajstić information content (AvgIpc) is 2.18. The molecule has 17 heavy (non-hydrogen) atoms. The number of benzene rings is 1. The van der Waals surface area contributed by atoms with Crippen molar-refractivity contribution in [3.63, 3.8) is 0 Å². The highest BCUT2D eigenvalue weighted by molar-refractivity contribution is 5.82. The van der Waals surface area contributed by atoms with E-state index in [-0.39, 0.29) is 5.91 Å². The molecular weight excluding hydrogens is 214 g/mol. The number of rotatable bonds is 4. The molecular formula is C13H20N3O+. The second kappa shape index (κ2) is 5.59. The van der Waals surface area contributed by atoms with E-state index in [1.54, 1.807) is 6.21 Å². The Kier molecular flexibility index (Phi) is 4.40. The number of amides is 1. The first-order valence-corrected chi connectivity index (χ1v) is 5.56. The van der Waals surface area contributed by atoms with Crippen molar-refractivity contribution >= 4 is 12.1 Å². The van der Waals surface area contributed by atoms with Crippen LogP contribution in [0.2, 0.25) is 0 Å². The van der Waals surface area contributed by atoms with Gasteiger partial charge in [0, 0.05) is 0 Å². The predicted octanol–water partition coefficient (Wildman–Crippen LogP) is 1.15. The van der Waals surface area contributed by atoms with Gasteiger partial charge >= 0.3 is 0 Å². The first-order chi connectivity index (χ1) is 7.87. The second-order valence-corrected chi connectivity index (χ2v) is 5.15. The molecule has 1 N–H and O–H groups in total. The van der Waals surface area contributed by atoms with Crippen molar-refractivity contribution in [2.75, 3.05) is 27.7 Å². The summed E-state index contributed by atoms with van der Waals surface area (Å²) in [7, 11) is 5.88. The highest BCUT2D eigenvalue weighted by Gasteiger charge is 2.12. The summed E-state index contributed by atoms with van der Waals surface area (Å²) in [5.41, 5.74) is 4.70. The molecule has 0 aliphatic rings. The summed E-state index contributed by atoms with van der Waals surface area (Å²) >= 11 is 0. The topological polar surface area (TPSA) is 41.5 Å². The van der Waals surface area contributed by atoms with Gasteiger partial charge in [-0.15, -0.1) is 0 Å². The maximum Gasteiger partial charge on any atom is 0.295 e. The molecule has 0 aliphatic heterocycles. The van der Waals surface area contributed by atoms with E-state index in [4.69, 9.17) is 0 Å². The zero-order valence-corrected chi connectivity index (χ0v) is 10.9. The summed E-state index contributed by atoms with van der Waals surface area (Å²) in [6.07, 6.45) is 1.65. The summed E-state index contributed by atoms with van der Waals surface area (Å²) in [5.74, 6) is -0.0825. The van der Waals surface area contributed by atoms with Crippen molar-refractivity contribution in [2.24, 2.45) is 5.10 Å². The van der Waals surface area contributed by atoms with E-state index in [0.717, 1.165) is 5.56 Å². The Morgan fingerprint density at radius 2 is 1.88 bits per heavy atom. The van der Waals surface area contributed by atoms with Gasteiger partial charge in [-0.2, -0.15) is 5.10 Å². The molecule has 0 aromatic heterocycles. The van der Waals surface area contributed by atoms with Gasteiger partial charge in [0.25, 0.3) is 5.91 Å². The van der Waals surface area contributed by atoms with Crippen LogP contribution < -0.4 is 5.43 Å². The minimum absolute atomic E-state index is 0.0825. The lowest BCUT2D eigenvalue weighted by atomic mass is 10.2. The van der Waals surface area contributed by atoms with E-state index in [9.17, 15) is 4.79 Å². The third kappa shape index (κ3) is 5.82. The van der Waals surface area contributed by atoms with Gasteiger partial charge in [-0.25, -0.2) is 5.43 Å². The standard InChI is InChI=1S/C13H19N3O/c1-11-5-7-12(8-6-11)9-14-15-13(17)10-16(2,3)4/h5-9H,10H2,1-4H3/p+1. The molecule has 0 aliphatic carbocycles. The fourth-order valence-corrected chi connectivity index (χ4v) is 1.30. The minimum atomic E-state index is -0.0825. The Morgan fingerprint density at radius 3 is 2.41 bits per heavy atom. The van der Waals surface area contributed by atoms with Crippen LogP contribution in [0.25, 0.3) is 0 Å². The molecule has 1 aromatic carbocycles. The number of hydrogen-bond donors (Lipinski definition) is 1. The van der Waals surface area contributed by atoms with E-state index in [1.165, 1.54) is 5.56 Å². The summed E-state index contributed by atoms with van der Waals surface area (Å²) in [5, 5.41) is 3.92. The fourth-order valence-electron chi connectivity index (χ4n) is 1.30. The molecule has 0 atom stereocenters. The predicted molar refractivity (Wildman–Crippen MR) is 69.8 cm³/mol. The van der Waals surface area contributed by atoms with Gasteiger partial charge in [0.05, 0.1) is 27.4 Å². The molecule has 0 fully saturated rings. The van der Waals surface area contributed by atoms with Crippen LogP contribution in [0.5, 0.6) is 0 Å². The van der Waals surface area contributed by atoms with Crippen LogP contribution in [-0.2, 0) is 4.79 Å². The van der Waals surface area contributed by atoms with E-state index in [0.29, 0.717) is 11.0 Å². The molecule has 0 saturated carbocycles. The molecule has 0 saturated heterocycles. The third-order valence-electron chi connectivity index (χ3n) is 2.10. The number of hydrazone groups is 1. The van der Waals surface area contributed by atoms with Gasteiger partial charge in [0.2, 0.25) is 0 Å². The molecule has 1 aromatic rings. The number of nitrogens with one attached hydrogen (secondary N) is 1. The lowest BCUT2D eigenvalue weighted by Gasteiger charge is -2.21. The van der Waals surface area contributed by atoms with Gasteiger partial charge in [-0.05, 0) is 12.5 Å². The molecule has 0 bridgehead atoms. The number of likely N-dealkylation sites (N-methyl/N-ethyl adjacent to an activating group) is 1. The van der Waals surface area contributed by atoms with Gasteiger partial charge in [0.15, 0.2) is 6.54 Å². The van der Waals surface area contributed by atoms with Crippen molar-refractivity contribution in [3.8, 4) is 0 Å². The maximum atomic E-state index is 11.5. The summed E-state index contributed by atoms with van der Waals surface area (Å²) in [4.78, 5) is 11.5. The van der Waals surface area contributed by atoms with Crippen molar-refractivity contribution < 1.29 is 9.28 Å². The third-order valence-corrected chi connectivity index (χ3v) is 2.10. The van der Waals surface area contributed by atoms with Gasteiger partial charge < -0.3 is 4.48 Å². The molecule has 0 spiro atoms. The zero-order chi connectivity index (χ0) is 12.9. The van der Waals surface area contributed by atoms with Crippen molar-refractivity contribution in [2.45, 2.75) is 6.92 Å². The Bertz CT molecular complexity index is 402. The lowest BCUT2D eigenvalue weighted by Crippen LogP contribution is -2.43. The van der Waals surface area contributed by atoms with Crippen molar-refractivity contribution in [1.29, 1.82) is 0 Å². The first-order valence-electron chi connectivity index (χ1n) is 5.56.